The third kappa shape index (κ3) is 4.41. The lowest BCUT2D eigenvalue weighted by Gasteiger charge is -2.29. The highest BCUT2D eigenvalue weighted by atomic mass is 16.5. The normalized spacial score (nSPS) is 12.8. The molecule has 0 radical (unpaired) electrons. The molecule has 166 valence electrons. The van der Waals surface area contributed by atoms with E-state index < -0.39 is 5.91 Å². The fraction of sp³-hybridized carbons (Fsp3) is 0.304. The van der Waals surface area contributed by atoms with Crippen LogP contribution >= 0.6 is 0 Å². The number of hydrogen-bond acceptors (Lipinski definition) is 7. The van der Waals surface area contributed by atoms with Crippen molar-refractivity contribution >= 4 is 23.2 Å². The van der Waals surface area contributed by atoms with Gasteiger partial charge >= 0.3 is 11.8 Å². The number of rotatable bonds is 7. The maximum Gasteiger partial charge on any atom is 0.316 e. The monoisotopic (exact) mass is 435 g/mol. The molecule has 0 unspecified atom stereocenters. The highest BCUT2D eigenvalue weighted by Gasteiger charge is 2.26. The summed E-state index contributed by atoms with van der Waals surface area (Å²) in [4.78, 5) is 32.5. The zero-order valence-corrected chi connectivity index (χ0v) is 18.3. The van der Waals surface area contributed by atoms with Crippen LogP contribution in [0.15, 0.2) is 47.0 Å². The standard InChI is InChI=1S/C23H25N5O4/c1-4-11-28-18-10-7-16(12-19(18)31-14-20(28)29)21-25-23(32-26-21)22(30)24-13-15-5-8-17(9-6-15)27(2)3/h5-10,12H,4,11,13-14H2,1-3H3,(H,24,30). The molecule has 2 amide bonds. The van der Waals surface area contributed by atoms with Gasteiger partial charge in [0.15, 0.2) is 6.61 Å². The van der Waals surface area contributed by atoms with Gasteiger partial charge in [0.25, 0.3) is 5.91 Å². The van der Waals surface area contributed by atoms with Gasteiger partial charge in [-0.1, -0.05) is 24.2 Å². The molecule has 0 aliphatic carbocycles. The Morgan fingerprint density at radius 1 is 1.19 bits per heavy atom. The molecule has 0 atom stereocenters. The molecule has 4 rings (SSSR count). The number of carbonyl (C=O) groups is 2. The topological polar surface area (TPSA) is 101 Å². The van der Waals surface area contributed by atoms with Crippen LogP contribution < -0.4 is 19.9 Å². The highest BCUT2D eigenvalue weighted by Crippen LogP contribution is 2.35. The second kappa shape index (κ2) is 9.09. The van der Waals surface area contributed by atoms with Gasteiger partial charge in [-0.15, -0.1) is 0 Å². The molecule has 32 heavy (non-hydrogen) atoms. The smallest absolute Gasteiger partial charge is 0.316 e. The molecule has 0 saturated heterocycles. The van der Waals surface area contributed by atoms with Crippen molar-refractivity contribution in [3.63, 3.8) is 0 Å². The zero-order valence-electron chi connectivity index (χ0n) is 18.3. The van der Waals surface area contributed by atoms with Gasteiger partial charge < -0.3 is 24.4 Å². The van der Waals surface area contributed by atoms with E-state index in [4.69, 9.17) is 9.26 Å². The molecule has 0 bridgehead atoms. The zero-order chi connectivity index (χ0) is 22.7. The Kier molecular flexibility index (Phi) is 6.07. The average Bonchev–Trinajstić information content (AvgIpc) is 3.30. The van der Waals surface area contributed by atoms with E-state index in [0.29, 0.717) is 30.1 Å². The molecule has 0 fully saturated rings. The first-order chi connectivity index (χ1) is 15.5. The van der Waals surface area contributed by atoms with Crippen molar-refractivity contribution in [2.45, 2.75) is 19.9 Å². The molecule has 3 aromatic rings. The molecule has 2 aromatic carbocycles. The van der Waals surface area contributed by atoms with E-state index in [1.54, 1.807) is 23.1 Å². The van der Waals surface area contributed by atoms with Gasteiger partial charge in [-0.3, -0.25) is 9.59 Å². The van der Waals surface area contributed by atoms with Gasteiger partial charge in [-0.25, -0.2) is 0 Å². The van der Waals surface area contributed by atoms with E-state index in [9.17, 15) is 9.59 Å². The number of hydrogen-bond donors (Lipinski definition) is 1. The molecule has 9 heteroatoms. The van der Waals surface area contributed by atoms with Crippen LogP contribution in [0.2, 0.25) is 0 Å². The Morgan fingerprint density at radius 2 is 1.97 bits per heavy atom. The number of nitrogens with zero attached hydrogens (tertiary/aromatic N) is 4. The summed E-state index contributed by atoms with van der Waals surface area (Å²) in [6, 6.07) is 13.2. The predicted octanol–water partition coefficient (Wildman–Crippen LogP) is 2.87. The minimum Gasteiger partial charge on any atom is -0.482 e. The average molecular weight is 435 g/mol. The molecule has 0 saturated carbocycles. The minimum atomic E-state index is -0.450. The number of ether oxygens (including phenoxy) is 1. The van der Waals surface area contributed by atoms with Crippen molar-refractivity contribution in [2.24, 2.45) is 0 Å². The largest absolute Gasteiger partial charge is 0.482 e. The third-order valence-electron chi connectivity index (χ3n) is 5.13. The van der Waals surface area contributed by atoms with Crippen molar-refractivity contribution in [3.8, 4) is 17.1 Å². The van der Waals surface area contributed by atoms with Crippen LogP contribution in [0.3, 0.4) is 0 Å². The first-order valence-corrected chi connectivity index (χ1v) is 10.4. The van der Waals surface area contributed by atoms with Crippen LogP contribution in [-0.2, 0) is 11.3 Å². The summed E-state index contributed by atoms with van der Waals surface area (Å²) < 4.78 is 10.7. The van der Waals surface area contributed by atoms with Crippen LogP contribution in [0.1, 0.15) is 29.6 Å². The summed E-state index contributed by atoms with van der Waals surface area (Å²) in [7, 11) is 3.94. The van der Waals surface area contributed by atoms with Crippen LogP contribution in [0.25, 0.3) is 11.4 Å². The Labute approximate surface area is 186 Å². The van der Waals surface area contributed by atoms with Gasteiger partial charge in [-0.05, 0) is 42.3 Å². The first kappa shape index (κ1) is 21.4. The van der Waals surface area contributed by atoms with Crippen LogP contribution in [-0.4, -0.2) is 49.2 Å². The number of nitrogens with one attached hydrogen (secondary N) is 1. The van der Waals surface area contributed by atoms with Crippen LogP contribution in [0.4, 0.5) is 11.4 Å². The molecule has 1 N–H and O–H groups in total. The van der Waals surface area contributed by atoms with Crippen molar-refractivity contribution in [3.05, 3.63) is 53.9 Å². The van der Waals surface area contributed by atoms with Gasteiger partial charge in [0.1, 0.15) is 5.75 Å². The molecule has 1 aliphatic rings. The van der Waals surface area contributed by atoms with Gasteiger partial charge in [0, 0.05) is 38.4 Å². The quantitative estimate of drug-likeness (QED) is 0.609. The highest BCUT2D eigenvalue weighted by molar-refractivity contribution is 5.98. The number of benzene rings is 2. The van der Waals surface area contributed by atoms with Crippen molar-refractivity contribution in [1.82, 2.24) is 15.5 Å². The molecular formula is C23H25N5O4. The second-order valence-corrected chi connectivity index (χ2v) is 7.68. The maximum atomic E-state index is 12.4. The first-order valence-electron chi connectivity index (χ1n) is 10.4. The van der Waals surface area contributed by atoms with Crippen LogP contribution in [0, 0.1) is 0 Å². The Hall–Kier alpha value is -3.88. The lowest BCUT2D eigenvalue weighted by atomic mass is 10.1. The number of fused-ring (bicyclic) bond motifs is 1. The fourth-order valence-electron chi connectivity index (χ4n) is 3.42. The molecular weight excluding hydrogens is 410 g/mol. The van der Waals surface area contributed by atoms with E-state index in [1.807, 2.05) is 50.2 Å². The SMILES string of the molecule is CCCN1C(=O)COc2cc(-c3noc(C(=O)NCc4ccc(N(C)C)cc4)n3)ccc21. The van der Waals surface area contributed by atoms with Gasteiger partial charge in [-0.2, -0.15) is 4.98 Å². The van der Waals surface area contributed by atoms with E-state index in [2.05, 4.69) is 15.5 Å². The third-order valence-corrected chi connectivity index (χ3v) is 5.13. The van der Waals surface area contributed by atoms with Gasteiger partial charge in [0.2, 0.25) is 5.82 Å². The number of amides is 2. The maximum absolute atomic E-state index is 12.4. The second-order valence-electron chi connectivity index (χ2n) is 7.68. The molecule has 1 aliphatic heterocycles. The van der Waals surface area contributed by atoms with Crippen LogP contribution in [0.5, 0.6) is 5.75 Å². The van der Waals surface area contributed by atoms with E-state index in [1.165, 1.54) is 0 Å². The van der Waals surface area contributed by atoms with E-state index >= 15 is 0 Å². The minimum absolute atomic E-state index is 0.00806. The van der Waals surface area contributed by atoms with E-state index in [0.717, 1.165) is 17.7 Å². The lowest BCUT2D eigenvalue weighted by Crippen LogP contribution is -2.39. The summed E-state index contributed by atoms with van der Waals surface area (Å²) in [6.45, 7) is 2.98. The van der Waals surface area contributed by atoms with Crippen molar-refractivity contribution in [2.75, 3.05) is 37.0 Å². The summed E-state index contributed by atoms with van der Waals surface area (Å²) in [5.74, 6) is 0.214. The summed E-state index contributed by atoms with van der Waals surface area (Å²) in [6.07, 6.45) is 0.843. The van der Waals surface area contributed by atoms with Crippen molar-refractivity contribution in [1.29, 1.82) is 0 Å². The summed E-state index contributed by atoms with van der Waals surface area (Å²) in [5, 5.41) is 6.71. The fourth-order valence-corrected chi connectivity index (χ4v) is 3.42. The predicted molar refractivity (Wildman–Crippen MR) is 120 cm³/mol. The molecule has 2 heterocycles. The number of aromatic nitrogens is 2. The molecule has 0 spiro atoms. The van der Waals surface area contributed by atoms with Crippen molar-refractivity contribution < 1.29 is 18.8 Å². The Balaban J connectivity index is 1.44. The number of anilines is 2. The number of carbonyl (C=O) groups excluding carboxylic acids is 2. The Bertz CT molecular complexity index is 1120. The van der Waals surface area contributed by atoms with E-state index in [-0.39, 0.29) is 24.2 Å². The Morgan fingerprint density at radius 3 is 2.69 bits per heavy atom. The summed E-state index contributed by atoms with van der Waals surface area (Å²) >= 11 is 0. The lowest BCUT2D eigenvalue weighted by molar-refractivity contribution is -0.121. The molecule has 9 nitrogen and oxygen atoms in total. The molecule has 1 aromatic heterocycles. The summed E-state index contributed by atoms with van der Waals surface area (Å²) in [5.41, 5.74) is 3.39. The van der Waals surface area contributed by atoms with Gasteiger partial charge in [0.05, 0.1) is 5.69 Å².